The summed E-state index contributed by atoms with van der Waals surface area (Å²) in [7, 11) is 3.44. The number of carbonyl (C=O) groups excluding carboxylic acids is 1. The topological polar surface area (TPSA) is 54.9 Å². The maximum absolute atomic E-state index is 12.3. The van der Waals surface area contributed by atoms with E-state index in [-0.39, 0.29) is 12.1 Å². The van der Waals surface area contributed by atoms with E-state index in [1.165, 1.54) is 0 Å². The Kier molecular flexibility index (Phi) is 5.94. The van der Waals surface area contributed by atoms with E-state index in [0.717, 1.165) is 37.2 Å². The zero-order valence-corrected chi connectivity index (χ0v) is 15.3. The number of anilines is 1. The first-order valence-corrected chi connectivity index (χ1v) is 8.86. The summed E-state index contributed by atoms with van der Waals surface area (Å²) in [6.07, 6.45) is 3.30. The van der Waals surface area contributed by atoms with Crippen LogP contribution in [-0.2, 0) is 11.3 Å². The smallest absolute Gasteiger partial charge is 0.410 e. The van der Waals surface area contributed by atoms with Gasteiger partial charge < -0.3 is 19.3 Å². The number of carbonyl (C=O) groups is 1. The average molecular weight is 355 g/mol. The van der Waals surface area contributed by atoms with Crippen LogP contribution >= 0.6 is 0 Å². The zero-order chi connectivity index (χ0) is 18.4. The third-order valence-corrected chi connectivity index (χ3v) is 4.80. The van der Waals surface area contributed by atoms with Gasteiger partial charge in [-0.25, -0.2) is 9.78 Å². The first kappa shape index (κ1) is 18.0. The van der Waals surface area contributed by atoms with E-state index in [4.69, 9.17) is 9.47 Å². The number of ether oxygens (including phenoxy) is 2. The van der Waals surface area contributed by atoms with Crippen LogP contribution in [0.2, 0.25) is 0 Å². The molecule has 2 aromatic rings. The van der Waals surface area contributed by atoms with Crippen molar-refractivity contribution in [2.24, 2.45) is 0 Å². The summed E-state index contributed by atoms with van der Waals surface area (Å²) in [6.45, 7) is 2.07. The summed E-state index contributed by atoms with van der Waals surface area (Å²) in [5.41, 5.74) is 2.10. The summed E-state index contributed by atoms with van der Waals surface area (Å²) >= 11 is 0. The molecule has 0 unspecified atom stereocenters. The highest BCUT2D eigenvalue weighted by Crippen LogP contribution is 2.24. The molecule has 1 aromatic heterocycles. The molecule has 26 heavy (non-hydrogen) atoms. The highest BCUT2D eigenvalue weighted by Gasteiger charge is 2.26. The molecule has 0 atom stereocenters. The van der Waals surface area contributed by atoms with Gasteiger partial charge in [-0.05, 0) is 24.5 Å². The molecular formula is C20H25N3O3. The molecule has 0 bridgehead atoms. The molecule has 2 heterocycles. The largest absolute Gasteiger partial charge is 0.481 e. The van der Waals surface area contributed by atoms with Crippen LogP contribution < -0.4 is 9.64 Å². The molecule has 6 heteroatoms. The Morgan fingerprint density at radius 3 is 2.65 bits per heavy atom. The lowest BCUT2D eigenvalue weighted by molar-refractivity contribution is 0.0862. The number of nitrogens with zero attached hydrogens (tertiary/aromatic N) is 3. The molecule has 1 saturated heterocycles. The van der Waals surface area contributed by atoms with E-state index in [1.807, 2.05) is 49.5 Å². The van der Waals surface area contributed by atoms with Gasteiger partial charge in [0.05, 0.1) is 7.11 Å². The monoisotopic (exact) mass is 355 g/mol. The molecule has 0 spiro atoms. The average Bonchev–Trinajstić information content (AvgIpc) is 2.72. The van der Waals surface area contributed by atoms with Crippen molar-refractivity contribution in [2.45, 2.75) is 25.5 Å². The predicted molar refractivity (Wildman–Crippen MR) is 100 cm³/mol. The Hall–Kier alpha value is -2.76. The molecule has 0 N–H and O–H groups in total. The number of hydrogen-bond donors (Lipinski definition) is 0. The van der Waals surface area contributed by atoms with Crippen molar-refractivity contribution < 1.29 is 14.3 Å². The second-order valence-corrected chi connectivity index (χ2v) is 6.43. The maximum atomic E-state index is 12.3. The van der Waals surface area contributed by atoms with E-state index in [9.17, 15) is 4.79 Å². The Morgan fingerprint density at radius 2 is 1.96 bits per heavy atom. The van der Waals surface area contributed by atoms with Crippen LogP contribution in [0.3, 0.4) is 0 Å². The number of amides is 1. The summed E-state index contributed by atoms with van der Waals surface area (Å²) in [5.74, 6) is 0.617. The number of aromatic nitrogens is 1. The Morgan fingerprint density at radius 1 is 1.23 bits per heavy atom. The fourth-order valence-electron chi connectivity index (χ4n) is 3.19. The summed E-state index contributed by atoms with van der Waals surface area (Å²) in [4.78, 5) is 20.5. The van der Waals surface area contributed by atoms with Crippen LogP contribution in [-0.4, -0.2) is 49.3 Å². The van der Waals surface area contributed by atoms with E-state index < -0.39 is 0 Å². The van der Waals surface area contributed by atoms with Crippen LogP contribution in [0.5, 0.6) is 5.88 Å². The quantitative estimate of drug-likeness (QED) is 0.823. The normalized spacial score (nSPS) is 14.8. The van der Waals surface area contributed by atoms with Crippen molar-refractivity contribution in [3.05, 3.63) is 54.2 Å². The van der Waals surface area contributed by atoms with Gasteiger partial charge in [-0.2, -0.15) is 0 Å². The minimum Gasteiger partial charge on any atom is -0.481 e. The molecular weight excluding hydrogens is 330 g/mol. The molecule has 0 saturated carbocycles. The van der Waals surface area contributed by atoms with Gasteiger partial charge in [-0.1, -0.05) is 30.3 Å². The zero-order valence-electron chi connectivity index (χ0n) is 15.3. The van der Waals surface area contributed by atoms with Crippen LogP contribution in [0.4, 0.5) is 10.5 Å². The van der Waals surface area contributed by atoms with E-state index in [1.54, 1.807) is 18.2 Å². The number of benzene rings is 1. The SMILES string of the molecule is COc1cc(N2CCC(N(C)C(=O)OCc3ccccc3)CC2)ccn1. The lowest BCUT2D eigenvalue weighted by atomic mass is 10.0. The lowest BCUT2D eigenvalue weighted by Crippen LogP contribution is -2.45. The molecule has 1 aromatic carbocycles. The number of rotatable bonds is 5. The third-order valence-electron chi connectivity index (χ3n) is 4.80. The van der Waals surface area contributed by atoms with Crippen molar-refractivity contribution >= 4 is 11.8 Å². The van der Waals surface area contributed by atoms with Crippen LogP contribution in [0.1, 0.15) is 18.4 Å². The second-order valence-electron chi connectivity index (χ2n) is 6.43. The first-order valence-electron chi connectivity index (χ1n) is 8.86. The highest BCUT2D eigenvalue weighted by molar-refractivity contribution is 5.67. The maximum Gasteiger partial charge on any atom is 0.410 e. The number of hydrogen-bond acceptors (Lipinski definition) is 5. The van der Waals surface area contributed by atoms with Crippen LogP contribution in [0.25, 0.3) is 0 Å². The molecule has 0 aliphatic carbocycles. The molecule has 0 radical (unpaired) electrons. The number of methoxy groups -OCH3 is 1. The van der Waals surface area contributed by atoms with Crippen molar-refractivity contribution in [3.8, 4) is 5.88 Å². The van der Waals surface area contributed by atoms with Crippen LogP contribution in [0.15, 0.2) is 48.7 Å². The van der Waals surface area contributed by atoms with Crippen molar-refractivity contribution in [1.82, 2.24) is 9.88 Å². The summed E-state index contributed by atoms with van der Waals surface area (Å²) in [5, 5.41) is 0. The van der Waals surface area contributed by atoms with Gasteiger partial charge in [-0.15, -0.1) is 0 Å². The molecule has 1 fully saturated rings. The van der Waals surface area contributed by atoms with Gasteiger partial charge >= 0.3 is 6.09 Å². The van der Waals surface area contributed by atoms with Crippen molar-refractivity contribution in [3.63, 3.8) is 0 Å². The van der Waals surface area contributed by atoms with Gasteiger partial charge in [0.2, 0.25) is 5.88 Å². The van der Waals surface area contributed by atoms with Crippen LogP contribution in [0, 0.1) is 0 Å². The van der Waals surface area contributed by atoms with E-state index in [2.05, 4.69) is 9.88 Å². The number of pyridine rings is 1. The Labute approximate surface area is 154 Å². The van der Waals surface area contributed by atoms with E-state index in [0.29, 0.717) is 12.5 Å². The Balaban J connectivity index is 1.49. The minimum absolute atomic E-state index is 0.193. The minimum atomic E-state index is -0.266. The van der Waals surface area contributed by atoms with E-state index >= 15 is 0 Å². The fraction of sp³-hybridized carbons (Fsp3) is 0.400. The predicted octanol–water partition coefficient (Wildman–Crippen LogP) is 3.33. The van der Waals surface area contributed by atoms with Gasteiger partial charge in [0.15, 0.2) is 0 Å². The van der Waals surface area contributed by atoms with Gasteiger partial charge in [0.25, 0.3) is 0 Å². The molecule has 1 aliphatic rings. The van der Waals surface area contributed by atoms with Crippen molar-refractivity contribution in [2.75, 3.05) is 32.1 Å². The van der Waals surface area contributed by atoms with Gasteiger partial charge in [-0.3, -0.25) is 0 Å². The van der Waals surface area contributed by atoms with Crippen molar-refractivity contribution in [1.29, 1.82) is 0 Å². The molecule has 138 valence electrons. The lowest BCUT2D eigenvalue weighted by Gasteiger charge is -2.37. The second kappa shape index (κ2) is 8.56. The summed E-state index contributed by atoms with van der Waals surface area (Å²) in [6, 6.07) is 13.9. The molecule has 3 rings (SSSR count). The standard InChI is InChI=1S/C20H25N3O3/c1-22(20(24)26-15-16-6-4-3-5-7-16)17-9-12-23(13-10-17)18-8-11-21-19(14-18)25-2/h3-8,11,14,17H,9-10,12-13,15H2,1-2H3. The Bertz CT molecular complexity index is 715. The first-order chi connectivity index (χ1) is 12.7. The summed E-state index contributed by atoms with van der Waals surface area (Å²) < 4.78 is 10.6. The molecule has 1 aliphatic heterocycles. The third kappa shape index (κ3) is 4.45. The van der Waals surface area contributed by atoms with Gasteiger partial charge in [0, 0.05) is 44.1 Å². The number of piperidine rings is 1. The highest BCUT2D eigenvalue weighted by atomic mass is 16.6. The fourth-order valence-corrected chi connectivity index (χ4v) is 3.19. The molecule has 6 nitrogen and oxygen atoms in total. The van der Waals surface area contributed by atoms with Gasteiger partial charge in [0.1, 0.15) is 6.61 Å². The molecule has 1 amide bonds.